The second kappa shape index (κ2) is 3.56. The van der Waals surface area contributed by atoms with Gasteiger partial charge in [0.2, 0.25) is 0 Å². The Kier molecular flexibility index (Phi) is 2.70. The zero-order valence-electron chi connectivity index (χ0n) is 7.52. The Morgan fingerprint density at radius 2 is 2.18 bits per heavy atom. The van der Waals surface area contributed by atoms with Crippen LogP contribution in [0, 0.1) is 6.07 Å². The highest BCUT2D eigenvalue weighted by atomic mass is 14.0. The molecule has 0 nitrogen and oxygen atoms in total. The Morgan fingerprint density at radius 3 is 2.73 bits per heavy atom. The quantitative estimate of drug-likeness (QED) is 0.602. The average molecular weight is 147 g/mol. The molecule has 0 heteroatoms. The van der Waals surface area contributed by atoms with Gasteiger partial charge >= 0.3 is 0 Å². The highest BCUT2D eigenvalue weighted by molar-refractivity contribution is 5.24. The smallest absolute Gasteiger partial charge is 0.0149 e. The van der Waals surface area contributed by atoms with Crippen molar-refractivity contribution in [3.05, 3.63) is 35.4 Å². The van der Waals surface area contributed by atoms with Crippen LogP contribution in [0.4, 0.5) is 0 Å². The molecule has 0 aromatic heterocycles. The van der Waals surface area contributed by atoms with Gasteiger partial charge in [0.25, 0.3) is 0 Å². The minimum atomic E-state index is 0.634. The summed E-state index contributed by atoms with van der Waals surface area (Å²) in [7, 11) is 0. The van der Waals surface area contributed by atoms with Crippen LogP contribution in [0.2, 0.25) is 0 Å². The molecule has 1 rings (SSSR count). The van der Waals surface area contributed by atoms with Crippen molar-refractivity contribution in [1.82, 2.24) is 0 Å². The van der Waals surface area contributed by atoms with Gasteiger partial charge in [-0.25, -0.2) is 0 Å². The van der Waals surface area contributed by atoms with Crippen LogP contribution in [0.1, 0.15) is 37.8 Å². The van der Waals surface area contributed by atoms with Crippen LogP contribution in [-0.4, -0.2) is 0 Å². The highest BCUT2D eigenvalue weighted by Gasteiger charge is 1.98. The molecule has 0 aliphatic rings. The summed E-state index contributed by atoms with van der Waals surface area (Å²) in [5.41, 5.74) is 2.73. The van der Waals surface area contributed by atoms with Gasteiger partial charge in [0, 0.05) is 0 Å². The zero-order valence-corrected chi connectivity index (χ0v) is 7.52. The third-order valence-corrected chi connectivity index (χ3v) is 1.93. The van der Waals surface area contributed by atoms with Crippen LogP contribution in [0.3, 0.4) is 0 Å². The lowest BCUT2D eigenvalue weighted by molar-refractivity contribution is 0.862. The molecular formula is C11H15. The molecule has 0 fully saturated rings. The summed E-state index contributed by atoms with van der Waals surface area (Å²) in [5.74, 6) is 0.634. The summed E-state index contributed by atoms with van der Waals surface area (Å²) in [6.45, 7) is 6.60. The first kappa shape index (κ1) is 8.32. The van der Waals surface area contributed by atoms with E-state index in [2.05, 4.69) is 39.0 Å². The van der Waals surface area contributed by atoms with Gasteiger partial charge in [-0.05, 0) is 29.5 Å². The summed E-state index contributed by atoms with van der Waals surface area (Å²) < 4.78 is 0. The van der Waals surface area contributed by atoms with E-state index in [0.29, 0.717) is 5.92 Å². The maximum Gasteiger partial charge on any atom is -0.0149 e. The fraction of sp³-hybridized carbons (Fsp3) is 0.455. The van der Waals surface area contributed by atoms with Crippen LogP contribution in [-0.2, 0) is 6.42 Å². The largest absolute Gasteiger partial charge is 0.0613 e. The fourth-order valence-electron chi connectivity index (χ4n) is 1.10. The van der Waals surface area contributed by atoms with Crippen molar-refractivity contribution in [2.75, 3.05) is 0 Å². The molecule has 1 aromatic rings. The Balaban J connectivity index is 2.91. The summed E-state index contributed by atoms with van der Waals surface area (Å²) >= 11 is 0. The van der Waals surface area contributed by atoms with Crippen LogP contribution in [0.5, 0.6) is 0 Å². The first-order valence-electron chi connectivity index (χ1n) is 4.24. The lowest BCUT2D eigenvalue weighted by Crippen LogP contribution is -1.88. The fourth-order valence-corrected chi connectivity index (χ4v) is 1.10. The predicted octanol–water partition coefficient (Wildman–Crippen LogP) is 3.17. The van der Waals surface area contributed by atoms with E-state index in [1.165, 1.54) is 11.1 Å². The molecule has 0 spiro atoms. The summed E-state index contributed by atoms with van der Waals surface area (Å²) in [6.07, 6.45) is 1.08. The molecule has 0 heterocycles. The predicted molar refractivity (Wildman–Crippen MR) is 48.7 cm³/mol. The highest BCUT2D eigenvalue weighted by Crippen LogP contribution is 2.15. The third kappa shape index (κ3) is 2.07. The molecule has 0 saturated heterocycles. The van der Waals surface area contributed by atoms with Gasteiger partial charge in [-0.3, -0.25) is 0 Å². The molecule has 11 heavy (non-hydrogen) atoms. The minimum absolute atomic E-state index is 0.634. The molecule has 1 radical (unpaired) electrons. The standard InChI is InChI=1S/C11H15/c1-4-10-6-5-7-11(8-10)9(2)3/h5,7-9H,4H2,1-3H3. The molecule has 0 atom stereocenters. The van der Waals surface area contributed by atoms with Crippen LogP contribution in [0.15, 0.2) is 18.2 Å². The second-order valence-corrected chi connectivity index (χ2v) is 3.16. The van der Waals surface area contributed by atoms with Gasteiger partial charge in [0.15, 0.2) is 0 Å². The van der Waals surface area contributed by atoms with Crippen LogP contribution >= 0.6 is 0 Å². The van der Waals surface area contributed by atoms with Crippen molar-refractivity contribution in [2.45, 2.75) is 33.1 Å². The average Bonchev–Trinajstić information content (AvgIpc) is 2.05. The summed E-state index contributed by atoms with van der Waals surface area (Å²) in [6, 6.07) is 9.62. The summed E-state index contributed by atoms with van der Waals surface area (Å²) in [5, 5.41) is 0. The number of benzene rings is 1. The number of hydrogen-bond acceptors (Lipinski definition) is 0. The van der Waals surface area contributed by atoms with Crippen LogP contribution < -0.4 is 0 Å². The normalized spacial score (nSPS) is 10.5. The van der Waals surface area contributed by atoms with Crippen LogP contribution in [0.25, 0.3) is 0 Å². The van der Waals surface area contributed by atoms with E-state index in [-0.39, 0.29) is 0 Å². The SMILES string of the molecule is CCc1[c]ccc(C(C)C)c1. The van der Waals surface area contributed by atoms with Gasteiger partial charge in [0.1, 0.15) is 0 Å². The first-order chi connectivity index (χ1) is 5.24. The lowest BCUT2D eigenvalue weighted by Gasteiger charge is -2.05. The molecule has 0 aliphatic heterocycles. The maximum absolute atomic E-state index is 3.21. The van der Waals surface area contributed by atoms with E-state index in [4.69, 9.17) is 0 Å². The summed E-state index contributed by atoms with van der Waals surface area (Å²) in [4.78, 5) is 0. The molecular weight excluding hydrogens is 132 g/mol. The topological polar surface area (TPSA) is 0 Å². The Labute approximate surface area is 69.3 Å². The van der Waals surface area contributed by atoms with Crippen molar-refractivity contribution in [1.29, 1.82) is 0 Å². The minimum Gasteiger partial charge on any atom is -0.0613 e. The first-order valence-corrected chi connectivity index (χ1v) is 4.24. The van der Waals surface area contributed by atoms with E-state index in [0.717, 1.165) is 6.42 Å². The van der Waals surface area contributed by atoms with E-state index < -0.39 is 0 Å². The van der Waals surface area contributed by atoms with E-state index in [9.17, 15) is 0 Å². The van der Waals surface area contributed by atoms with E-state index in [1.807, 2.05) is 6.07 Å². The number of rotatable bonds is 2. The Hall–Kier alpha value is -0.780. The zero-order chi connectivity index (χ0) is 8.27. The van der Waals surface area contributed by atoms with Crippen molar-refractivity contribution in [3.63, 3.8) is 0 Å². The number of hydrogen-bond donors (Lipinski definition) is 0. The lowest BCUT2D eigenvalue weighted by atomic mass is 10.0. The van der Waals surface area contributed by atoms with Crippen molar-refractivity contribution in [2.24, 2.45) is 0 Å². The van der Waals surface area contributed by atoms with Crippen molar-refractivity contribution >= 4 is 0 Å². The molecule has 0 amide bonds. The van der Waals surface area contributed by atoms with E-state index in [1.54, 1.807) is 0 Å². The van der Waals surface area contributed by atoms with Gasteiger partial charge < -0.3 is 0 Å². The third-order valence-electron chi connectivity index (χ3n) is 1.93. The van der Waals surface area contributed by atoms with Gasteiger partial charge in [0.05, 0.1) is 0 Å². The van der Waals surface area contributed by atoms with Gasteiger partial charge in [-0.1, -0.05) is 39.0 Å². The molecule has 0 N–H and O–H groups in total. The monoisotopic (exact) mass is 147 g/mol. The maximum atomic E-state index is 3.21. The Morgan fingerprint density at radius 1 is 1.45 bits per heavy atom. The van der Waals surface area contributed by atoms with Crippen molar-refractivity contribution < 1.29 is 0 Å². The second-order valence-electron chi connectivity index (χ2n) is 3.16. The molecule has 1 aromatic carbocycles. The number of aryl methyl sites for hydroxylation is 1. The molecule has 59 valence electrons. The van der Waals surface area contributed by atoms with E-state index >= 15 is 0 Å². The molecule has 0 saturated carbocycles. The molecule has 0 aliphatic carbocycles. The Bertz CT molecular complexity index is 223. The van der Waals surface area contributed by atoms with Gasteiger partial charge in [-0.2, -0.15) is 0 Å². The molecule has 0 bridgehead atoms. The van der Waals surface area contributed by atoms with Gasteiger partial charge in [-0.15, -0.1) is 0 Å². The molecule has 0 unspecified atom stereocenters. The van der Waals surface area contributed by atoms with Crippen molar-refractivity contribution in [3.8, 4) is 0 Å².